The summed E-state index contributed by atoms with van der Waals surface area (Å²) in [5.74, 6) is 1.98. The number of benzene rings is 2. The fourth-order valence-corrected chi connectivity index (χ4v) is 5.80. The summed E-state index contributed by atoms with van der Waals surface area (Å²) < 4.78 is 1.80. The molecule has 0 bridgehead atoms. The van der Waals surface area contributed by atoms with Crippen molar-refractivity contribution < 1.29 is 9.90 Å². The van der Waals surface area contributed by atoms with E-state index in [2.05, 4.69) is 44.6 Å². The summed E-state index contributed by atoms with van der Waals surface area (Å²) in [7, 11) is 5.64. The van der Waals surface area contributed by atoms with Crippen LogP contribution in [0, 0.1) is 11.8 Å². The Bertz CT molecular complexity index is 1410. The Morgan fingerprint density at radius 1 is 1.02 bits per heavy atom. The fraction of sp³-hybridized carbons (Fsp3) is 0.375. The van der Waals surface area contributed by atoms with E-state index >= 15 is 0 Å². The van der Waals surface area contributed by atoms with Crippen molar-refractivity contribution in [2.45, 2.75) is 44.6 Å². The summed E-state index contributed by atoms with van der Waals surface area (Å²) in [5, 5.41) is 17.6. The number of anilines is 1. The first-order valence-electron chi connectivity index (χ1n) is 14.0. The highest BCUT2D eigenvalue weighted by atomic mass is 16.3. The van der Waals surface area contributed by atoms with Crippen LogP contribution < -0.4 is 10.2 Å². The molecule has 8 heteroatoms. The Kier molecular flexibility index (Phi) is 8.43. The van der Waals surface area contributed by atoms with E-state index < -0.39 is 0 Å². The van der Waals surface area contributed by atoms with E-state index in [1.165, 1.54) is 6.20 Å². The number of carbonyl (C=O) groups excluding carboxylic acids is 1. The zero-order chi connectivity index (χ0) is 28.1. The van der Waals surface area contributed by atoms with Crippen LogP contribution in [0.3, 0.4) is 0 Å². The van der Waals surface area contributed by atoms with Gasteiger partial charge in [-0.05, 0) is 54.2 Å². The minimum atomic E-state index is -0.210. The molecule has 8 nitrogen and oxygen atoms in total. The molecule has 1 unspecified atom stereocenters. The number of nitrogens with zero attached hydrogens (tertiary/aromatic N) is 5. The van der Waals surface area contributed by atoms with Gasteiger partial charge in [0, 0.05) is 45.9 Å². The van der Waals surface area contributed by atoms with Gasteiger partial charge in [-0.2, -0.15) is 5.10 Å². The molecule has 2 N–H and O–H groups in total. The van der Waals surface area contributed by atoms with Crippen LogP contribution in [0.4, 0.5) is 5.82 Å². The van der Waals surface area contributed by atoms with E-state index in [0.29, 0.717) is 18.3 Å². The Labute approximate surface area is 236 Å². The number of aromatic nitrogens is 4. The van der Waals surface area contributed by atoms with Gasteiger partial charge in [0.2, 0.25) is 5.91 Å². The third kappa shape index (κ3) is 6.50. The quantitative estimate of drug-likeness (QED) is 0.308. The van der Waals surface area contributed by atoms with Gasteiger partial charge in [-0.3, -0.25) is 9.48 Å². The number of aryl methyl sites for hydroxylation is 1. The van der Waals surface area contributed by atoms with Crippen LogP contribution in [-0.2, 0) is 24.8 Å². The molecule has 2 aromatic carbocycles. The molecule has 2 aromatic heterocycles. The molecule has 40 heavy (non-hydrogen) atoms. The summed E-state index contributed by atoms with van der Waals surface area (Å²) in [6, 6.07) is 18.5. The minimum Gasteiger partial charge on any atom is -0.503 e. The van der Waals surface area contributed by atoms with Gasteiger partial charge < -0.3 is 15.3 Å². The van der Waals surface area contributed by atoms with Crippen LogP contribution >= 0.6 is 0 Å². The van der Waals surface area contributed by atoms with E-state index in [1.54, 1.807) is 9.58 Å². The average molecular weight is 539 g/mol. The predicted octanol–water partition coefficient (Wildman–Crippen LogP) is 5.10. The highest BCUT2D eigenvalue weighted by molar-refractivity contribution is 5.84. The van der Waals surface area contributed by atoms with Crippen LogP contribution in [0.5, 0.6) is 5.75 Å². The smallest absolute Gasteiger partial charge is 0.228 e. The number of carbonyl (C=O) groups is 1. The number of hydrogen-bond donors (Lipinski definition) is 2. The largest absolute Gasteiger partial charge is 0.503 e. The standard InChI is InChI=1S/C32H38N6O2/c1-37(2)31-28(39)20-33-29(36-31)17-22-9-11-25(12-10-22)30(32(40)34-18-23-7-5-4-6-8-23)26-15-13-24(14-16-26)27-19-35-38(3)21-27/h4-8,13-16,19-22,25,30,39H,9-12,17-18H2,1-3H3,(H,34,40). The predicted molar refractivity (Wildman–Crippen MR) is 157 cm³/mol. The molecule has 1 fully saturated rings. The van der Waals surface area contributed by atoms with Gasteiger partial charge in [0.05, 0.1) is 18.3 Å². The van der Waals surface area contributed by atoms with Crippen LogP contribution in [0.25, 0.3) is 11.1 Å². The Morgan fingerprint density at radius 2 is 1.75 bits per heavy atom. The first-order chi connectivity index (χ1) is 19.4. The molecule has 1 aliphatic carbocycles. The Morgan fingerprint density at radius 3 is 2.40 bits per heavy atom. The second kappa shape index (κ2) is 12.3. The molecule has 2 heterocycles. The first kappa shape index (κ1) is 27.4. The van der Waals surface area contributed by atoms with Crippen LogP contribution in [0.15, 0.2) is 73.2 Å². The van der Waals surface area contributed by atoms with Gasteiger partial charge in [0.15, 0.2) is 11.6 Å². The first-order valence-corrected chi connectivity index (χ1v) is 14.0. The van der Waals surface area contributed by atoms with Crippen LogP contribution in [0.1, 0.15) is 48.6 Å². The maximum absolute atomic E-state index is 13.7. The number of rotatable bonds is 9. The van der Waals surface area contributed by atoms with Crippen molar-refractivity contribution in [3.8, 4) is 16.9 Å². The Balaban J connectivity index is 1.30. The number of aromatic hydroxyl groups is 1. The van der Waals surface area contributed by atoms with E-state index in [0.717, 1.165) is 60.2 Å². The molecule has 1 aliphatic rings. The Hall–Kier alpha value is -4.20. The number of nitrogens with one attached hydrogen (secondary N) is 1. The van der Waals surface area contributed by atoms with Gasteiger partial charge >= 0.3 is 0 Å². The van der Waals surface area contributed by atoms with Gasteiger partial charge in [0.1, 0.15) is 5.82 Å². The lowest BCUT2D eigenvalue weighted by atomic mass is 9.72. The highest BCUT2D eigenvalue weighted by Gasteiger charge is 2.33. The van der Waals surface area contributed by atoms with Gasteiger partial charge in [-0.1, -0.05) is 54.6 Å². The molecule has 4 aromatic rings. The third-order valence-electron chi connectivity index (χ3n) is 7.96. The lowest BCUT2D eigenvalue weighted by Gasteiger charge is -2.33. The van der Waals surface area contributed by atoms with Crippen molar-refractivity contribution in [3.05, 3.63) is 90.1 Å². The van der Waals surface area contributed by atoms with Crippen molar-refractivity contribution >= 4 is 11.7 Å². The maximum atomic E-state index is 13.7. The van der Waals surface area contributed by atoms with E-state index in [9.17, 15) is 9.90 Å². The van der Waals surface area contributed by atoms with Crippen molar-refractivity contribution in [3.63, 3.8) is 0 Å². The monoisotopic (exact) mass is 538 g/mol. The van der Waals surface area contributed by atoms with Crippen LogP contribution in [-0.4, -0.2) is 44.9 Å². The SMILES string of the molecule is CN(C)c1nc(CC2CCC(C(C(=O)NCc3ccccc3)c3ccc(-c4cnn(C)c4)cc3)CC2)ncc1O. The summed E-state index contributed by atoms with van der Waals surface area (Å²) >= 11 is 0. The second-order valence-corrected chi connectivity index (χ2v) is 11.1. The molecule has 5 rings (SSSR count). The summed E-state index contributed by atoms with van der Waals surface area (Å²) in [5.41, 5.74) is 4.30. The van der Waals surface area contributed by atoms with Crippen molar-refractivity contribution in [1.29, 1.82) is 0 Å². The summed E-state index contributed by atoms with van der Waals surface area (Å²) in [6.07, 6.45) is 10.1. The molecule has 208 valence electrons. The summed E-state index contributed by atoms with van der Waals surface area (Å²) in [6.45, 7) is 0.520. The normalized spacial score (nSPS) is 17.8. The fourth-order valence-electron chi connectivity index (χ4n) is 5.80. The van der Waals surface area contributed by atoms with Gasteiger partial charge in [0.25, 0.3) is 0 Å². The second-order valence-electron chi connectivity index (χ2n) is 11.1. The highest BCUT2D eigenvalue weighted by Crippen LogP contribution is 2.40. The van der Waals surface area contributed by atoms with Crippen molar-refractivity contribution in [2.75, 3.05) is 19.0 Å². The number of hydrogen-bond acceptors (Lipinski definition) is 6. The topological polar surface area (TPSA) is 96.2 Å². The molecule has 1 amide bonds. The van der Waals surface area contributed by atoms with E-state index in [1.807, 2.05) is 63.9 Å². The van der Waals surface area contributed by atoms with Gasteiger partial charge in [-0.25, -0.2) is 9.97 Å². The molecule has 0 saturated heterocycles. The third-order valence-corrected chi connectivity index (χ3v) is 7.96. The van der Waals surface area contributed by atoms with Crippen molar-refractivity contribution in [2.24, 2.45) is 18.9 Å². The van der Waals surface area contributed by atoms with Crippen LogP contribution in [0.2, 0.25) is 0 Å². The van der Waals surface area contributed by atoms with Crippen molar-refractivity contribution in [1.82, 2.24) is 25.1 Å². The molecule has 1 atom stereocenters. The summed E-state index contributed by atoms with van der Waals surface area (Å²) in [4.78, 5) is 24.5. The lowest BCUT2D eigenvalue weighted by molar-refractivity contribution is -0.124. The van der Waals surface area contributed by atoms with E-state index in [4.69, 9.17) is 0 Å². The molecular weight excluding hydrogens is 500 g/mol. The molecular formula is C32H38N6O2. The molecule has 1 saturated carbocycles. The molecule has 0 spiro atoms. The maximum Gasteiger partial charge on any atom is 0.228 e. The zero-order valence-corrected chi connectivity index (χ0v) is 23.5. The van der Waals surface area contributed by atoms with E-state index in [-0.39, 0.29) is 23.5 Å². The number of amides is 1. The zero-order valence-electron chi connectivity index (χ0n) is 23.5. The molecule has 0 aliphatic heterocycles. The van der Waals surface area contributed by atoms with Gasteiger partial charge in [-0.15, -0.1) is 0 Å². The molecule has 0 radical (unpaired) electrons. The average Bonchev–Trinajstić information content (AvgIpc) is 3.41. The minimum absolute atomic E-state index is 0.0823. The lowest BCUT2D eigenvalue weighted by Crippen LogP contribution is -2.35.